The molecule has 0 saturated heterocycles. The summed E-state index contributed by atoms with van der Waals surface area (Å²) in [6.45, 7) is 18.2. The summed E-state index contributed by atoms with van der Waals surface area (Å²) in [6, 6.07) is 0. The van der Waals surface area contributed by atoms with Crippen molar-refractivity contribution < 1.29 is 4.43 Å². The van der Waals surface area contributed by atoms with E-state index in [1.165, 1.54) is 12.8 Å². The maximum Gasteiger partial charge on any atom is 0.200 e. The Morgan fingerprint density at radius 3 is 2.17 bits per heavy atom. The van der Waals surface area contributed by atoms with Gasteiger partial charge in [-0.15, -0.1) is 6.58 Å². The zero-order chi connectivity index (χ0) is 18.2. The molecule has 2 heteroatoms. The predicted octanol–water partition coefficient (Wildman–Crippen LogP) is 7.57. The third-order valence-corrected chi connectivity index (χ3v) is 11.8. The topological polar surface area (TPSA) is 9.23 Å². The first-order valence-electron chi connectivity index (χ1n) is 9.96. The van der Waals surface area contributed by atoms with Crippen LogP contribution in [0, 0.1) is 0 Å². The van der Waals surface area contributed by atoms with Crippen molar-refractivity contribution in [2.45, 2.75) is 103 Å². The predicted molar refractivity (Wildman–Crippen MR) is 111 cm³/mol. The largest absolute Gasteiger partial charge is 0.413 e. The Morgan fingerprint density at radius 1 is 1.08 bits per heavy atom. The second-order valence-corrected chi connectivity index (χ2v) is 13.7. The summed E-state index contributed by atoms with van der Waals surface area (Å²) in [5, 5.41) is 0. The number of hydrogen-bond acceptors (Lipinski definition) is 1. The average molecular weight is 349 g/mol. The second-order valence-electron chi connectivity index (χ2n) is 8.25. The number of hydrogen-bond donors (Lipinski definition) is 0. The molecule has 1 aliphatic carbocycles. The number of allylic oxidation sites excluding steroid dienone is 4. The second kappa shape index (κ2) is 10.4. The molecule has 1 aliphatic rings. The van der Waals surface area contributed by atoms with Gasteiger partial charge < -0.3 is 4.43 Å². The highest BCUT2D eigenvalue weighted by Crippen LogP contribution is 2.43. The molecule has 0 N–H and O–H groups in total. The van der Waals surface area contributed by atoms with E-state index in [9.17, 15) is 0 Å². The Bertz CT molecular complexity index is 409. The molecule has 0 aromatic rings. The number of rotatable bonds is 11. The highest BCUT2D eigenvalue weighted by molar-refractivity contribution is 6.77. The van der Waals surface area contributed by atoms with Crippen LogP contribution in [0.1, 0.15) is 80.1 Å². The summed E-state index contributed by atoms with van der Waals surface area (Å²) in [5.74, 6) is 0. The van der Waals surface area contributed by atoms with Gasteiger partial charge in [-0.2, -0.15) is 0 Å². The molecule has 1 atom stereocenters. The van der Waals surface area contributed by atoms with E-state index in [2.05, 4.69) is 66.3 Å². The highest BCUT2D eigenvalue weighted by atomic mass is 28.4. The Balaban J connectivity index is 2.71. The first-order valence-corrected chi connectivity index (χ1v) is 12.1. The Labute approximate surface area is 152 Å². The van der Waals surface area contributed by atoms with Crippen molar-refractivity contribution in [3.8, 4) is 0 Å². The summed E-state index contributed by atoms with van der Waals surface area (Å²) in [5.41, 5.74) is 3.55. The molecule has 138 valence electrons. The van der Waals surface area contributed by atoms with Gasteiger partial charge >= 0.3 is 0 Å². The van der Waals surface area contributed by atoms with E-state index in [4.69, 9.17) is 4.43 Å². The molecular formula is C22H40OSi. The minimum absolute atomic E-state index is 0.348. The molecular weight excluding hydrogens is 308 g/mol. The quantitative estimate of drug-likeness (QED) is 0.276. The van der Waals surface area contributed by atoms with E-state index < -0.39 is 8.32 Å². The molecule has 0 saturated carbocycles. The molecule has 0 heterocycles. The Morgan fingerprint density at radius 2 is 1.71 bits per heavy atom. The van der Waals surface area contributed by atoms with E-state index in [1.807, 2.05) is 6.08 Å². The average Bonchev–Trinajstić information content (AvgIpc) is 2.52. The monoisotopic (exact) mass is 348 g/mol. The van der Waals surface area contributed by atoms with Gasteiger partial charge in [0.15, 0.2) is 0 Å². The Kier molecular flexibility index (Phi) is 9.29. The normalized spacial score (nSPS) is 16.8. The van der Waals surface area contributed by atoms with Crippen LogP contribution >= 0.6 is 0 Å². The highest BCUT2D eigenvalue weighted by Gasteiger charge is 2.46. The summed E-state index contributed by atoms with van der Waals surface area (Å²) < 4.78 is 6.99. The van der Waals surface area contributed by atoms with Crippen molar-refractivity contribution in [2.75, 3.05) is 0 Å². The molecule has 0 aromatic heterocycles. The van der Waals surface area contributed by atoms with E-state index >= 15 is 0 Å². The van der Waals surface area contributed by atoms with Gasteiger partial charge in [0.1, 0.15) is 0 Å². The van der Waals surface area contributed by atoms with Crippen LogP contribution in [0.2, 0.25) is 16.6 Å². The lowest BCUT2D eigenvalue weighted by Gasteiger charge is -2.44. The standard InChI is InChI=1S/C22H40OSi/c1-8-13-22(17-12-16-21-14-10-9-11-15-21)23-24(18(2)3,19(4)5)20(6)7/h8-10,15,18-20,22H,1,11-14,16-17H2,2-7H3. The van der Waals surface area contributed by atoms with Crippen molar-refractivity contribution in [1.82, 2.24) is 0 Å². The first kappa shape index (κ1) is 21.4. The Hall–Kier alpha value is -0.603. The molecule has 0 aromatic carbocycles. The van der Waals surface area contributed by atoms with Crippen molar-refractivity contribution in [1.29, 1.82) is 0 Å². The zero-order valence-corrected chi connectivity index (χ0v) is 18.0. The molecule has 0 radical (unpaired) electrons. The molecule has 24 heavy (non-hydrogen) atoms. The summed E-state index contributed by atoms with van der Waals surface area (Å²) in [7, 11) is -1.79. The first-order chi connectivity index (χ1) is 11.3. The molecule has 0 fully saturated rings. The summed E-state index contributed by atoms with van der Waals surface area (Å²) in [4.78, 5) is 0. The van der Waals surface area contributed by atoms with Gasteiger partial charge in [0.2, 0.25) is 8.32 Å². The molecule has 1 rings (SSSR count). The van der Waals surface area contributed by atoms with Gasteiger partial charge in [0, 0.05) is 6.10 Å². The van der Waals surface area contributed by atoms with Gasteiger partial charge in [0.05, 0.1) is 0 Å². The lowest BCUT2D eigenvalue weighted by atomic mass is 9.99. The maximum absolute atomic E-state index is 6.99. The molecule has 0 spiro atoms. The van der Waals surface area contributed by atoms with Crippen molar-refractivity contribution in [3.05, 3.63) is 36.5 Å². The van der Waals surface area contributed by atoms with Crippen molar-refractivity contribution in [3.63, 3.8) is 0 Å². The van der Waals surface area contributed by atoms with Crippen LogP contribution in [0.25, 0.3) is 0 Å². The summed E-state index contributed by atoms with van der Waals surface area (Å²) >= 11 is 0. The fraction of sp³-hybridized carbons (Fsp3) is 0.727. The minimum atomic E-state index is -1.79. The lowest BCUT2D eigenvalue weighted by molar-refractivity contribution is 0.164. The van der Waals surface area contributed by atoms with E-state index in [-0.39, 0.29) is 0 Å². The maximum atomic E-state index is 6.99. The molecule has 0 bridgehead atoms. The van der Waals surface area contributed by atoms with Gasteiger partial charge in [-0.1, -0.05) is 71.4 Å². The molecule has 0 amide bonds. The van der Waals surface area contributed by atoms with E-state index in [0.29, 0.717) is 22.7 Å². The van der Waals surface area contributed by atoms with Gasteiger partial charge in [0.25, 0.3) is 0 Å². The summed E-state index contributed by atoms with van der Waals surface area (Å²) in [6.07, 6.45) is 16.2. The van der Waals surface area contributed by atoms with Crippen molar-refractivity contribution >= 4 is 8.32 Å². The minimum Gasteiger partial charge on any atom is -0.413 e. The van der Waals surface area contributed by atoms with Crippen LogP contribution in [-0.2, 0) is 4.43 Å². The van der Waals surface area contributed by atoms with Crippen LogP contribution in [0.4, 0.5) is 0 Å². The van der Waals surface area contributed by atoms with E-state index in [0.717, 1.165) is 25.7 Å². The molecule has 1 nitrogen and oxygen atoms in total. The third kappa shape index (κ3) is 5.74. The fourth-order valence-electron chi connectivity index (χ4n) is 4.52. The van der Waals surface area contributed by atoms with Crippen molar-refractivity contribution in [2.24, 2.45) is 0 Å². The fourth-order valence-corrected chi connectivity index (χ4v) is 10.1. The molecule has 1 unspecified atom stereocenters. The van der Waals surface area contributed by atoms with E-state index in [1.54, 1.807) is 5.57 Å². The lowest BCUT2D eigenvalue weighted by Crippen LogP contribution is -2.50. The van der Waals surface area contributed by atoms with Gasteiger partial charge in [-0.25, -0.2) is 0 Å². The van der Waals surface area contributed by atoms with Gasteiger partial charge in [-0.05, 0) is 55.1 Å². The van der Waals surface area contributed by atoms with Crippen LogP contribution in [0.15, 0.2) is 36.5 Å². The molecule has 0 aliphatic heterocycles. The zero-order valence-electron chi connectivity index (χ0n) is 17.0. The third-order valence-electron chi connectivity index (χ3n) is 5.62. The van der Waals surface area contributed by atoms with Crippen LogP contribution in [0.5, 0.6) is 0 Å². The smallest absolute Gasteiger partial charge is 0.200 e. The van der Waals surface area contributed by atoms with Crippen LogP contribution < -0.4 is 0 Å². The van der Waals surface area contributed by atoms with Crippen LogP contribution in [-0.4, -0.2) is 14.4 Å². The SMILES string of the molecule is C=CCC(CCCC1=CCC=CC1)O[Si](C(C)C)(C(C)C)C(C)C. The van der Waals surface area contributed by atoms with Gasteiger partial charge in [-0.3, -0.25) is 0 Å². The van der Waals surface area contributed by atoms with Crippen LogP contribution in [0.3, 0.4) is 0 Å².